The van der Waals surface area contributed by atoms with Crippen LogP contribution in [-0.4, -0.2) is 44.0 Å². The average molecular weight is 254 g/mol. The van der Waals surface area contributed by atoms with Crippen molar-refractivity contribution >= 4 is 5.91 Å². The Labute approximate surface area is 108 Å². The van der Waals surface area contributed by atoms with Gasteiger partial charge in [-0.05, 0) is 34.6 Å². The Morgan fingerprint density at radius 1 is 1.50 bits per heavy atom. The lowest BCUT2D eigenvalue weighted by Gasteiger charge is -2.22. The second kappa shape index (κ2) is 5.48. The number of hydrogen-bond donors (Lipinski definition) is 1. The van der Waals surface area contributed by atoms with E-state index in [-0.39, 0.29) is 5.91 Å². The number of aliphatic hydroxyl groups is 1. The molecule has 1 rings (SSSR count). The molecule has 1 amide bonds. The Morgan fingerprint density at radius 3 is 2.44 bits per heavy atom. The molecule has 0 bridgehead atoms. The Bertz CT molecular complexity index is 404. The highest BCUT2D eigenvalue weighted by Gasteiger charge is 2.25. The van der Waals surface area contributed by atoms with E-state index in [1.54, 1.807) is 31.9 Å². The number of hydrogen-bond acceptors (Lipinski definition) is 4. The molecule has 1 atom stereocenters. The van der Waals surface area contributed by atoms with E-state index < -0.39 is 11.6 Å². The normalized spacial score (nSPS) is 13.4. The molecule has 0 saturated heterocycles. The molecule has 6 nitrogen and oxygen atoms in total. The van der Waals surface area contributed by atoms with Gasteiger partial charge in [-0.3, -0.25) is 4.79 Å². The Balaban J connectivity index is 2.88. The number of aromatic nitrogens is 3. The molecular formula is C12H22N4O2. The second-order valence-electron chi connectivity index (χ2n) is 4.83. The van der Waals surface area contributed by atoms with Crippen LogP contribution < -0.4 is 0 Å². The summed E-state index contributed by atoms with van der Waals surface area (Å²) in [6.07, 6.45) is 1.62. The maximum atomic E-state index is 12.1. The van der Waals surface area contributed by atoms with Crippen molar-refractivity contribution in [1.82, 2.24) is 19.9 Å². The molecule has 1 aromatic heterocycles. The lowest BCUT2D eigenvalue weighted by Crippen LogP contribution is -2.36. The van der Waals surface area contributed by atoms with Crippen molar-refractivity contribution in [2.75, 3.05) is 13.1 Å². The van der Waals surface area contributed by atoms with Gasteiger partial charge in [0.1, 0.15) is 17.3 Å². The van der Waals surface area contributed by atoms with Gasteiger partial charge in [0.05, 0.1) is 6.20 Å². The summed E-state index contributed by atoms with van der Waals surface area (Å²) < 4.78 is 1.49. The summed E-state index contributed by atoms with van der Waals surface area (Å²) >= 11 is 0. The number of nitrogens with zero attached hydrogens (tertiary/aromatic N) is 4. The third-order valence-corrected chi connectivity index (χ3v) is 2.97. The zero-order valence-corrected chi connectivity index (χ0v) is 11.7. The van der Waals surface area contributed by atoms with Crippen molar-refractivity contribution in [2.24, 2.45) is 0 Å². The van der Waals surface area contributed by atoms with Crippen molar-refractivity contribution in [1.29, 1.82) is 0 Å². The summed E-state index contributed by atoms with van der Waals surface area (Å²) in [5.41, 5.74) is -0.586. The Morgan fingerprint density at radius 2 is 2.06 bits per heavy atom. The predicted octanol–water partition coefficient (Wildman–Crippen LogP) is 0.935. The number of likely N-dealkylation sites (N-methyl/N-ethyl adjacent to an activating group) is 1. The van der Waals surface area contributed by atoms with Gasteiger partial charge in [0.15, 0.2) is 0 Å². The van der Waals surface area contributed by atoms with Gasteiger partial charge in [-0.1, -0.05) is 5.21 Å². The lowest BCUT2D eigenvalue weighted by atomic mass is 10.1. The van der Waals surface area contributed by atoms with Gasteiger partial charge in [0.2, 0.25) is 5.91 Å². The van der Waals surface area contributed by atoms with Crippen LogP contribution in [0, 0.1) is 0 Å². The first-order chi connectivity index (χ1) is 8.31. The molecule has 6 heteroatoms. The summed E-state index contributed by atoms with van der Waals surface area (Å²) in [6.45, 7) is 10.3. The van der Waals surface area contributed by atoms with Gasteiger partial charge in [-0.15, -0.1) is 5.10 Å². The standard InChI is InChI=1S/C12H22N4O2/c1-6-15(7-2)11(17)9(3)16-8-10(13-14-16)12(4,5)18/h8-9,18H,6-7H2,1-5H3. The van der Waals surface area contributed by atoms with Crippen molar-refractivity contribution in [2.45, 2.75) is 46.3 Å². The molecule has 0 saturated carbocycles. The van der Waals surface area contributed by atoms with Gasteiger partial charge in [0.25, 0.3) is 0 Å². The molecular weight excluding hydrogens is 232 g/mol. The first kappa shape index (κ1) is 14.6. The van der Waals surface area contributed by atoms with Gasteiger partial charge in [-0.2, -0.15) is 0 Å². The van der Waals surface area contributed by atoms with E-state index in [1.807, 2.05) is 13.8 Å². The maximum absolute atomic E-state index is 12.1. The van der Waals surface area contributed by atoms with E-state index in [0.29, 0.717) is 18.8 Å². The minimum absolute atomic E-state index is 0.00666. The second-order valence-corrected chi connectivity index (χ2v) is 4.83. The zero-order valence-electron chi connectivity index (χ0n) is 11.7. The van der Waals surface area contributed by atoms with E-state index >= 15 is 0 Å². The average Bonchev–Trinajstić information content (AvgIpc) is 2.78. The lowest BCUT2D eigenvalue weighted by molar-refractivity contribution is -0.134. The van der Waals surface area contributed by atoms with Crippen molar-refractivity contribution < 1.29 is 9.90 Å². The summed E-state index contributed by atoms with van der Waals surface area (Å²) in [7, 11) is 0. The summed E-state index contributed by atoms with van der Waals surface area (Å²) in [4.78, 5) is 13.9. The smallest absolute Gasteiger partial charge is 0.247 e. The van der Waals surface area contributed by atoms with Gasteiger partial charge >= 0.3 is 0 Å². The fraction of sp³-hybridized carbons (Fsp3) is 0.750. The van der Waals surface area contributed by atoms with Crippen LogP contribution >= 0.6 is 0 Å². The van der Waals surface area contributed by atoms with Crippen LogP contribution in [0.5, 0.6) is 0 Å². The number of carbonyl (C=O) groups is 1. The van der Waals surface area contributed by atoms with Crippen molar-refractivity contribution in [3.63, 3.8) is 0 Å². The summed E-state index contributed by atoms with van der Waals surface area (Å²) in [5, 5.41) is 17.6. The molecule has 0 aliphatic carbocycles. The highest BCUT2D eigenvalue weighted by Crippen LogP contribution is 2.18. The number of rotatable bonds is 5. The van der Waals surface area contributed by atoms with Gasteiger partial charge in [-0.25, -0.2) is 4.68 Å². The third kappa shape index (κ3) is 3.07. The molecule has 102 valence electrons. The van der Waals surface area contributed by atoms with Crippen LogP contribution in [0.15, 0.2) is 6.20 Å². The number of carbonyl (C=O) groups excluding carboxylic acids is 1. The molecule has 0 spiro atoms. The third-order valence-electron chi connectivity index (χ3n) is 2.97. The van der Waals surface area contributed by atoms with E-state index in [1.165, 1.54) is 4.68 Å². The maximum Gasteiger partial charge on any atom is 0.247 e. The van der Waals surface area contributed by atoms with Crippen LogP contribution in [-0.2, 0) is 10.4 Å². The molecule has 1 heterocycles. The monoisotopic (exact) mass is 254 g/mol. The van der Waals surface area contributed by atoms with E-state index in [2.05, 4.69) is 10.3 Å². The molecule has 0 aromatic carbocycles. The quantitative estimate of drug-likeness (QED) is 0.848. The van der Waals surface area contributed by atoms with Crippen LogP contribution in [0.1, 0.15) is 46.4 Å². The molecule has 0 aliphatic rings. The SMILES string of the molecule is CCN(CC)C(=O)C(C)n1cc(C(C)(C)O)nn1. The first-order valence-corrected chi connectivity index (χ1v) is 6.24. The van der Waals surface area contributed by atoms with E-state index in [0.717, 1.165) is 0 Å². The minimum Gasteiger partial charge on any atom is -0.384 e. The molecule has 1 unspecified atom stereocenters. The van der Waals surface area contributed by atoms with Crippen molar-refractivity contribution in [3.8, 4) is 0 Å². The largest absolute Gasteiger partial charge is 0.384 e. The fourth-order valence-electron chi connectivity index (χ4n) is 1.66. The van der Waals surface area contributed by atoms with Crippen LogP contribution in [0.25, 0.3) is 0 Å². The van der Waals surface area contributed by atoms with Crippen LogP contribution in [0.4, 0.5) is 0 Å². The summed E-state index contributed by atoms with van der Waals surface area (Å²) in [6, 6.07) is -0.409. The zero-order chi connectivity index (χ0) is 13.9. The first-order valence-electron chi connectivity index (χ1n) is 6.24. The van der Waals surface area contributed by atoms with E-state index in [9.17, 15) is 9.90 Å². The highest BCUT2D eigenvalue weighted by atomic mass is 16.3. The topological polar surface area (TPSA) is 71.2 Å². The molecule has 18 heavy (non-hydrogen) atoms. The number of amides is 1. The molecule has 0 fully saturated rings. The molecule has 1 aromatic rings. The van der Waals surface area contributed by atoms with Crippen LogP contribution in [0.3, 0.4) is 0 Å². The highest BCUT2D eigenvalue weighted by molar-refractivity contribution is 5.79. The summed E-state index contributed by atoms with van der Waals surface area (Å²) in [5.74, 6) is 0.00666. The van der Waals surface area contributed by atoms with Crippen molar-refractivity contribution in [3.05, 3.63) is 11.9 Å². The minimum atomic E-state index is -1.05. The predicted molar refractivity (Wildman–Crippen MR) is 67.9 cm³/mol. The van der Waals surface area contributed by atoms with E-state index in [4.69, 9.17) is 0 Å². The molecule has 0 radical (unpaired) electrons. The van der Waals surface area contributed by atoms with Gasteiger partial charge < -0.3 is 10.0 Å². The Kier molecular flexibility index (Phi) is 4.45. The molecule has 1 N–H and O–H groups in total. The van der Waals surface area contributed by atoms with Crippen LogP contribution in [0.2, 0.25) is 0 Å². The molecule has 0 aliphatic heterocycles. The fourth-order valence-corrected chi connectivity index (χ4v) is 1.66. The Hall–Kier alpha value is -1.43. The van der Waals surface area contributed by atoms with Gasteiger partial charge in [0, 0.05) is 13.1 Å².